The van der Waals surface area contributed by atoms with Crippen molar-refractivity contribution in [2.75, 3.05) is 6.54 Å². The monoisotopic (exact) mass is 304 g/mol. The van der Waals surface area contributed by atoms with Crippen LogP contribution in [0.3, 0.4) is 0 Å². The molecule has 5 nitrogen and oxygen atoms in total. The average molecular weight is 304 g/mol. The molecule has 1 aliphatic carbocycles. The van der Waals surface area contributed by atoms with Crippen molar-refractivity contribution in [2.45, 2.75) is 76.5 Å². The van der Waals surface area contributed by atoms with Gasteiger partial charge in [-0.05, 0) is 45.6 Å². The summed E-state index contributed by atoms with van der Waals surface area (Å²) in [6.07, 6.45) is 10.7. The molecule has 2 heterocycles. The number of carbonyl (C=O) groups is 1. The van der Waals surface area contributed by atoms with Crippen molar-refractivity contribution < 1.29 is 4.79 Å². The minimum Gasteiger partial charge on any atom is -0.339 e. The molecule has 5 heteroatoms. The van der Waals surface area contributed by atoms with E-state index in [0.29, 0.717) is 18.1 Å². The molecular formula is C17H28N4O. The van der Waals surface area contributed by atoms with Crippen molar-refractivity contribution in [2.24, 2.45) is 0 Å². The van der Waals surface area contributed by atoms with E-state index in [1.165, 1.54) is 12.8 Å². The highest BCUT2D eigenvalue weighted by molar-refractivity contribution is 5.82. The molecule has 1 aromatic heterocycles. The molecule has 2 aliphatic rings. The average Bonchev–Trinajstić information content (AvgIpc) is 3.04. The van der Waals surface area contributed by atoms with Gasteiger partial charge < -0.3 is 10.2 Å². The smallest absolute Gasteiger partial charge is 0.239 e. The number of piperidine rings is 1. The maximum atomic E-state index is 12.7. The van der Waals surface area contributed by atoms with E-state index in [1.54, 1.807) is 0 Å². The second-order valence-electron chi connectivity index (χ2n) is 6.93. The lowest BCUT2D eigenvalue weighted by Crippen LogP contribution is -2.56. The Morgan fingerprint density at radius 2 is 2.05 bits per heavy atom. The number of rotatable bonds is 4. The Morgan fingerprint density at radius 1 is 1.23 bits per heavy atom. The lowest BCUT2D eigenvalue weighted by molar-refractivity contribution is -0.138. The van der Waals surface area contributed by atoms with Crippen LogP contribution in [0.25, 0.3) is 0 Å². The van der Waals surface area contributed by atoms with Crippen molar-refractivity contribution in [1.82, 2.24) is 20.0 Å². The molecular weight excluding hydrogens is 276 g/mol. The van der Waals surface area contributed by atoms with Gasteiger partial charge in [0.15, 0.2) is 0 Å². The molecule has 1 N–H and O–H groups in total. The normalized spacial score (nSPS) is 30.0. The first-order valence-electron chi connectivity index (χ1n) is 8.72. The number of hydrogen-bond acceptors (Lipinski definition) is 3. The fourth-order valence-corrected chi connectivity index (χ4v) is 3.92. The summed E-state index contributed by atoms with van der Waals surface area (Å²) in [5.74, 6) is 0.283. The van der Waals surface area contributed by atoms with Crippen molar-refractivity contribution in [3.05, 3.63) is 18.5 Å². The van der Waals surface area contributed by atoms with Crippen LogP contribution >= 0.6 is 0 Å². The van der Waals surface area contributed by atoms with Crippen molar-refractivity contribution in [3.8, 4) is 0 Å². The van der Waals surface area contributed by atoms with Crippen LogP contribution in [0.15, 0.2) is 18.5 Å². The SMILES string of the molecule is CC(C)N1CCC[C@H](N[C@@H]2CCCC[C@@H]2n2cccn2)C1=O. The Kier molecular flexibility index (Phi) is 4.81. The molecule has 1 aromatic rings. The molecule has 0 spiro atoms. The van der Waals surface area contributed by atoms with E-state index in [0.717, 1.165) is 32.2 Å². The zero-order valence-electron chi connectivity index (χ0n) is 13.7. The zero-order chi connectivity index (χ0) is 15.5. The Bertz CT molecular complexity index is 485. The number of amides is 1. The van der Waals surface area contributed by atoms with Crippen LogP contribution in [0, 0.1) is 0 Å². The molecule has 2 fully saturated rings. The van der Waals surface area contributed by atoms with E-state index < -0.39 is 0 Å². The summed E-state index contributed by atoms with van der Waals surface area (Å²) in [5.41, 5.74) is 0. The highest BCUT2D eigenvalue weighted by Gasteiger charge is 2.35. The molecule has 1 saturated heterocycles. The Hall–Kier alpha value is -1.36. The van der Waals surface area contributed by atoms with Gasteiger partial charge in [0.1, 0.15) is 0 Å². The van der Waals surface area contributed by atoms with Crippen molar-refractivity contribution in [3.63, 3.8) is 0 Å². The maximum absolute atomic E-state index is 12.7. The van der Waals surface area contributed by atoms with E-state index in [9.17, 15) is 4.79 Å². The second-order valence-corrected chi connectivity index (χ2v) is 6.93. The van der Waals surface area contributed by atoms with Gasteiger partial charge >= 0.3 is 0 Å². The summed E-state index contributed by atoms with van der Waals surface area (Å²) in [6.45, 7) is 5.11. The first-order chi connectivity index (χ1) is 10.7. The van der Waals surface area contributed by atoms with Crippen molar-refractivity contribution in [1.29, 1.82) is 0 Å². The predicted octanol–water partition coefficient (Wildman–Crippen LogP) is 2.36. The number of nitrogens with one attached hydrogen (secondary N) is 1. The van der Waals surface area contributed by atoms with Crippen LogP contribution in [0.5, 0.6) is 0 Å². The van der Waals surface area contributed by atoms with Gasteiger partial charge in [-0.25, -0.2) is 0 Å². The highest BCUT2D eigenvalue weighted by atomic mass is 16.2. The minimum atomic E-state index is -0.0164. The molecule has 0 radical (unpaired) electrons. The van der Waals surface area contributed by atoms with E-state index >= 15 is 0 Å². The number of nitrogens with zero attached hydrogens (tertiary/aromatic N) is 3. The standard InChI is InChI=1S/C17H28N4O/c1-13(2)20-11-5-8-15(17(20)22)19-14-7-3-4-9-16(14)21-12-6-10-18-21/h6,10,12-16,19H,3-5,7-9,11H2,1-2H3/t14-,15+,16+/m1/s1. The number of likely N-dealkylation sites (tertiary alicyclic amines) is 1. The quantitative estimate of drug-likeness (QED) is 0.929. The van der Waals surface area contributed by atoms with E-state index in [2.05, 4.69) is 28.9 Å². The second kappa shape index (κ2) is 6.82. The number of aromatic nitrogens is 2. The number of carbonyl (C=O) groups excluding carboxylic acids is 1. The molecule has 0 aromatic carbocycles. The van der Waals surface area contributed by atoms with Gasteiger partial charge in [-0.2, -0.15) is 5.10 Å². The third kappa shape index (κ3) is 3.19. The molecule has 3 atom stereocenters. The number of hydrogen-bond donors (Lipinski definition) is 1. The van der Waals surface area contributed by atoms with Crippen molar-refractivity contribution >= 4 is 5.91 Å². The first-order valence-corrected chi connectivity index (χ1v) is 8.72. The topological polar surface area (TPSA) is 50.2 Å². The fraction of sp³-hybridized carbons (Fsp3) is 0.765. The molecule has 0 bridgehead atoms. The van der Waals surface area contributed by atoms with Crippen LogP contribution in [0.1, 0.15) is 58.4 Å². The lowest BCUT2D eigenvalue weighted by Gasteiger charge is -2.40. The Morgan fingerprint density at radius 3 is 2.77 bits per heavy atom. The maximum Gasteiger partial charge on any atom is 0.239 e. The largest absolute Gasteiger partial charge is 0.339 e. The van der Waals surface area contributed by atoms with E-state index in [4.69, 9.17) is 0 Å². The minimum absolute atomic E-state index is 0.0164. The molecule has 1 aliphatic heterocycles. The van der Waals surface area contributed by atoms with E-state index in [1.807, 2.05) is 23.4 Å². The summed E-state index contributed by atoms with van der Waals surface area (Å²) >= 11 is 0. The third-order valence-corrected chi connectivity index (χ3v) is 5.11. The van der Waals surface area contributed by atoms with E-state index in [-0.39, 0.29) is 11.9 Å². The van der Waals surface area contributed by atoms with Gasteiger partial charge in [-0.15, -0.1) is 0 Å². The van der Waals surface area contributed by atoms with Gasteiger partial charge in [0.25, 0.3) is 0 Å². The highest BCUT2D eigenvalue weighted by Crippen LogP contribution is 2.29. The molecule has 122 valence electrons. The van der Waals surface area contributed by atoms with Crippen LogP contribution in [-0.2, 0) is 4.79 Å². The van der Waals surface area contributed by atoms with Crippen LogP contribution in [0.4, 0.5) is 0 Å². The first kappa shape index (κ1) is 15.5. The van der Waals surface area contributed by atoms with Gasteiger partial charge in [-0.3, -0.25) is 9.48 Å². The summed E-state index contributed by atoms with van der Waals surface area (Å²) < 4.78 is 2.07. The third-order valence-electron chi connectivity index (χ3n) is 5.11. The van der Waals surface area contributed by atoms with Crippen LogP contribution in [-0.4, -0.2) is 45.3 Å². The van der Waals surface area contributed by atoms with Gasteiger partial charge in [0.2, 0.25) is 5.91 Å². The van der Waals surface area contributed by atoms with Crippen LogP contribution in [0.2, 0.25) is 0 Å². The van der Waals surface area contributed by atoms with Crippen LogP contribution < -0.4 is 5.32 Å². The molecule has 1 saturated carbocycles. The summed E-state index contributed by atoms with van der Waals surface area (Å²) in [4.78, 5) is 14.7. The molecule has 22 heavy (non-hydrogen) atoms. The van der Waals surface area contributed by atoms with Gasteiger partial charge in [-0.1, -0.05) is 12.8 Å². The van der Waals surface area contributed by atoms with Gasteiger partial charge in [0.05, 0.1) is 12.1 Å². The molecule has 0 unspecified atom stereocenters. The molecule has 3 rings (SSSR count). The Labute approximate surface area is 133 Å². The lowest BCUT2D eigenvalue weighted by atomic mass is 9.89. The summed E-state index contributed by atoms with van der Waals surface area (Å²) in [7, 11) is 0. The molecule has 1 amide bonds. The zero-order valence-corrected chi connectivity index (χ0v) is 13.7. The fourth-order valence-electron chi connectivity index (χ4n) is 3.92. The summed E-state index contributed by atoms with van der Waals surface area (Å²) in [6, 6.07) is 3.00. The summed E-state index contributed by atoms with van der Waals surface area (Å²) in [5, 5.41) is 8.11. The Balaban J connectivity index is 1.69. The predicted molar refractivity (Wildman–Crippen MR) is 86.5 cm³/mol. The van der Waals surface area contributed by atoms with Gasteiger partial charge in [0, 0.05) is 31.0 Å².